The first kappa shape index (κ1) is 17.1. The normalized spacial score (nSPS) is 11.8. The number of benzene rings is 1. The van der Waals surface area contributed by atoms with Crippen molar-refractivity contribution < 1.29 is 14.3 Å². The quantitative estimate of drug-likeness (QED) is 0.476. The third-order valence-electron chi connectivity index (χ3n) is 2.78. The molecule has 0 spiro atoms. The number of methoxy groups -OCH3 is 1. The second-order valence-corrected chi connectivity index (χ2v) is 4.79. The molecule has 1 atom stereocenters. The van der Waals surface area contributed by atoms with E-state index in [1.165, 1.54) is 0 Å². The van der Waals surface area contributed by atoms with Gasteiger partial charge in [-0.25, -0.2) is 0 Å². The van der Waals surface area contributed by atoms with Crippen LogP contribution in [0, 0.1) is 0 Å². The Labute approximate surface area is 126 Å². The van der Waals surface area contributed by atoms with Gasteiger partial charge in [-0.1, -0.05) is 6.92 Å². The predicted molar refractivity (Wildman–Crippen MR) is 84.6 cm³/mol. The third kappa shape index (κ3) is 6.35. The van der Waals surface area contributed by atoms with Gasteiger partial charge < -0.3 is 25.8 Å². The highest BCUT2D eigenvalue weighted by Gasteiger charge is 2.12. The van der Waals surface area contributed by atoms with E-state index in [0.717, 1.165) is 12.1 Å². The van der Waals surface area contributed by atoms with Crippen molar-refractivity contribution in [1.29, 1.82) is 0 Å². The van der Waals surface area contributed by atoms with Crippen LogP contribution >= 0.6 is 0 Å². The van der Waals surface area contributed by atoms with E-state index < -0.39 is 0 Å². The summed E-state index contributed by atoms with van der Waals surface area (Å²) in [5.74, 6) is 0.608. The Kier molecular flexibility index (Phi) is 7.39. The first-order valence-electron chi connectivity index (χ1n) is 7.13. The first-order chi connectivity index (χ1) is 10.1. The van der Waals surface area contributed by atoms with Crippen LogP contribution in [0.25, 0.3) is 0 Å². The van der Waals surface area contributed by atoms with Crippen LogP contribution in [-0.2, 0) is 9.53 Å². The molecule has 21 heavy (non-hydrogen) atoms. The zero-order valence-electron chi connectivity index (χ0n) is 12.9. The second kappa shape index (κ2) is 9.07. The number of amides is 1. The van der Waals surface area contributed by atoms with E-state index in [0.29, 0.717) is 31.2 Å². The lowest BCUT2D eigenvalue weighted by molar-refractivity contribution is -0.121. The summed E-state index contributed by atoms with van der Waals surface area (Å²) >= 11 is 0. The molecule has 0 saturated carbocycles. The molecule has 0 saturated heterocycles. The highest BCUT2D eigenvalue weighted by atomic mass is 16.5. The maximum Gasteiger partial charge on any atom is 0.242 e. The van der Waals surface area contributed by atoms with Gasteiger partial charge in [0, 0.05) is 37.2 Å². The molecule has 0 aromatic heterocycles. The molecule has 0 aliphatic rings. The zero-order valence-corrected chi connectivity index (χ0v) is 12.9. The molecule has 118 valence electrons. The molecule has 0 fully saturated rings. The topological polar surface area (TPSA) is 85.6 Å². The monoisotopic (exact) mass is 295 g/mol. The maximum atomic E-state index is 11.9. The van der Waals surface area contributed by atoms with E-state index in [2.05, 4.69) is 10.6 Å². The molecule has 1 amide bonds. The van der Waals surface area contributed by atoms with Crippen LogP contribution in [0.5, 0.6) is 5.75 Å². The fourth-order valence-electron chi connectivity index (χ4n) is 1.75. The molecule has 1 rings (SSSR count). The Morgan fingerprint density at radius 2 is 2.10 bits per heavy atom. The number of carbonyl (C=O) groups is 1. The minimum Gasteiger partial charge on any atom is -0.493 e. The highest BCUT2D eigenvalue weighted by Crippen LogP contribution is 2.23. The molecule has 0 aliphatic heterocycles. The van der Waals surface area contributed by atoms with Crippen molar-refractivity contribution >= 4 is 17.3 Å². The van der Waals surface area contributed by atoms with Crippen LogP contribution in [0.2, 0.25) is 0 Å². The van der Waals surface area contributed by atoms with Crippen molar-refractivity contribution in [2.75, 3.05) is 37.9 Å². The Bertz CT molecular complexity index is 452. The molecule has 6 nitrogen and oxygen atoms in total. The standard InChI is InChI=1S/C15H25N3O3/c1-4-6-21-14-9-12(16)8-13(10-14)18-11(2)15(19)17-5-7-20-3/h8-11,18H,4-7,16H2,1-3H3,(H,17,19). The molecule has 1 aromatic carbocycles. The van der Waals surface area contributed by atoms with Crippen LogP contribution in [0.4, 0.5) is 11.4 Å². The summed E-state index contributed by atoms with van der Waals surface area (Å²) in [4.78, 5) is 11.9. The number of carbonyl (C=O) groups excluding carboxylic acids is 1. The van der Waals surface area contributed by atoms with E-state index in [1.54, 1.807) is 26.2 Å². The van der Waals surface area contributed by atoms with E-state index in [4.69, 9.17) is 15.2 Å². The van der Waals surface area contributed by atoms with Crippen molar-refractivity contribution in [1.82, 2.24) is 5.32 Å². The number of ether oxygens (including phenoxy) is 2. The van der Waals surface area contributed by atoms with Gasteiger partial charge in [-0.05, 0) is 19.4 Å². The van der Waals surface area contributed by atoms with E-state index >= 15 is 0 Å². The fourth-order valence-corrected chi connectivity index (χ4v) is 1.75. The number of nitrogens with two attached hydrogens (primary N) is 1. The first-order valence-corrected chi connectivity index (χ1v) is 7.13. The van der Waals surface area contributed by atoms with E-state index in [1.807, 2.05) is 13.0 Å². The van der Waals surface area contributed by atoms with Crippen LogP contribution in [-0.4, -0.2) is 38.8 Å². The zero-order chi connectivity index (χ0) is 15.7. The summed E-state index contributed by atoms with van der Waals surface area (Å²) in [5, 5.41) is 5.89. The molecule has 4 N–H and O–H groups in total. The number of nitrogens with one attached hydrogen (secondary N) is 2. The lowest BCUT2D eigenvalue weighted by atomic mass is 10.2. The van der Waals surface area contributed by atoms with Gasteiger partial charge >= 0.3 is 0 Å². The summed E-state index contributed by atoms with van der Waals surface area (Å²) in [6.07, 6.45) is 0.926. The van der Waals surface area contributed by atoms with Gasteiger partial charge in [0.25, 0.3) is 0 Å². The van der Waals surface area contributed by atoms with Gasteiger partial charge in [0.2, 0.25) is 5.91 Å². The largest absolute Gasteiger partial charge is 0.493 e. The molecular weight excluding hydrogens is 270 g/mol. The number of hydrogen-bond acceptors (Lipinski definition) is 5. The predicted octanol–water partition coefficient (Wildman–Crippen LogP) is 1.62. The van der Waals surface area contributed by atoms with Crippen molar-refractivity contribution in [3.05, 3.63) is 18.2 Å². The fraction of sp³-hybridized carbons (Fsp3) is 0.533. The van der Waals surface area contributed by atoms with Crippen molar-refractivity contribution in [3.63, 3.8) is 0 Å². The average Bonchev–Trinajstić information content (AvgIpc) is 2.44. The molecule has 0 radical (unpaired) electrons. The van der Waals surface area contributed by atoms with Crippen molar-refractivity contribution in [2.24, 2.45) is 0 Å². The van der Waals surface area contributed by atoms with Gasteiger partial charge in [0.15, 0.2) is 0 Å². The molecular formula is C15H25N3O3. The number of hydrogen-bond donors (Lipinski definition) is 3. The van der Waals surface area contributed by atoms with Crippen LogP contribution in [0.1, 0.15) is 20.3 Å². The molecule has 6 heteroatoms. The van der Waals surface area contributed by atoms with Gasteiger partial charge in [-0.2, -0.15) is 0 Å². The molecule has 1 aromatic rings. The summed E-state index contributed by atoms with van der Waals surface area (Å²) in [6, 6.07) is 5.01. The number of rotatable bonds is 9. The van der Waals surface area contributed by atoms with Gasteiger partial charge in [-0.15, -0.1) is 0 Å². The van der Waals surface area contributed by atoms with Crippen LogP contribution < -0.4 is 21.1 Å². The Balaban J connectivity index is 2.60. The summed E-state index contributed by atoms with van der Waals surface area (Å²) < 4.78 is 10.5. The van der Waals surface area contributed by atoms with Crippen molar-refractivity contribution in [3.8, 4) is 5.75 Å². The van der Waals surface area contributed by atoms with Gasteiger partial charge in [0.05, 0.1) is 13.2 Å². The minimum absolute atomic E-state index is 0.0921. The Hall–Kier alpha value is -1.95. The maximum absolute atomic E-state index is 11.9. The Morgan fingerprint density at radius 3 is 2.76 bits per heavy atom. The Morgan fingerprint density at radius 1 is 1.33 bits per heavy atom. The smallest absolute Gasteiger partial charge is 0.242 e. The highest BCUT2D eigenvalue weighted by molar-refractivity contribution is 5.84. The molecule has 0 bridgehead atoms. The number of nitrogen functional groups attached to an aromatic ring is 1. The lowest BCUT2D eigenvalue weighted by Crippen LogP contribution is -2.39. The van der Waals surface area contributed by atoms with Crippen molar-refractivity contribution in [2.45, 2.75) is 26.3 Å². The van der Waals surface area contributed by atoms with Gasteiger partial charge in [-0.3, -0.25) is 4.79 Å². The lowest BCUT2D eigenvalue weighted by Gasteiger charge is -2.16. The second-order valence-electron chi connectivity index (χ2n) is 4.79. The third-order valence-corrected chi connectivity index (χ3v) is 2.78. The average molecular weight is 295 g/mol. The number of anilines is 2. The molecule has 1 unspecified atom stereocenters. The van der Waals surface area contributed by atoms with E-state index in [-0.39, 0.29) is 11.9 Å². The molecule has 0 aliphatic carbocycles. The van der Waals surface area contributed by atoms with Crippen LogP contribution in [0.15, 0.2) is 18.2 Å². The SMILES string of the molecule is CCCOc1cc(N)cc(NC(C)C(=O)NCCOC)c1. The summed E-state index contributed by atoms with van der Waals surface area (Å²) in [5.41, 5.74) is 7.20. The molecule has 0 heterocycles. The minimum atomic E-state index is -0.373. The van der Waals surface area contributed by atoms with Crippen LogP contribution in [0.3, 0.4) is 0 Å². The van der Waals surface area contributed by atoms with Gasteiger partial charge in [0.1, 0.15) is 11.8 Å². The summed E-state index contributed by atoms with van der Waals surface area (Å²) in [7, 11) is 1.60. The van der Waals surface area contributed by atoms with E-state index in [9.17, 15) is 4.79 Å². The summed E-state index contributed by atoms with van der Waals surface area (Å²) in [6.45, 7) is 5.45.